The maximum absolute atomic E-state index is 13.1. The van der Waals surface area contributed by atoms with Crippen molar-refractivity contribution in [3.63, 3.8) is 0 Å². The van der Waals surface area contributed by atoms with Gasteiger partial charge in [0.15, 0.2) is 0 Å². The van der Waals surface area contributed by atoms with Crippen LogP contribution in [0.3, 0.4) is 0 Å². The summed E-state index contributed by atoms with van der Waals surface area (Å²) in [6.07, 6.45) is 3.68. The molecule has 2 aromatic rings. The number of ether oxygens (including phenoxy) is 1. The number of likely N-dealkylation sites (tertiary alicyclic amines) is 2. The van der Waals surface area contributed by atoms with Gasteiger partial charge in [0.1, 0.15) is 0 Å². The van der Waals surface area contributed by atoms with Crippen molar-refractivity contribution in [2.45, 2.75) is 19.5 Å². The molecule has 0 saturated carbocycles. The summed E-state index contributed by atoms with van der Waals surface area (Å²) in [5.41, 5.74) is 3.63. The largest absolute Gasteiger partial charge is 0.467 e. The number of rotatable bonds is 6. The van der Waals surface area contributed by atoms with Crippen LogP contribution in [0, 0.1) is 18.8 Å². The van der Waals surface area contributed by atoms with E-state index in [4.69, 9.17) is 4.74 Å². The molecular formula is C23H31N5O2. The number of hydrogen-bond donors (Lipinski definition) is 0. The van der Waals surface area contributed by atoms with Gasteiger partial charge in [0.2, 0.25) is 5.91 Å². The first-order valence-electron chi connectivity index (χ1n) is 10.5. The average molecular weight is 410 g/mol. The van der Waals surface area contributed by atoms with Crippen LogP contribution in [-0.4, -0.2) is 78.0 Å². The number of benzene rings is 1. The lowest BCUT2D eigenvalue weighted by Crippen LogP contribution is -2.40. The molecule has 7 nitrogen and oxygen atoms in total. The van der Waals surface area contributed by atoms with Gasteiger partial charge in [0.25, 0.3) is 0 Å². The molecule has 1 aromatic carbocycles. The van der Waals surface area contributed by atoms with Gasteiger partial charge in [-0.15, -0.1) is 0 Å². The maximum atomic E-state index is 13.1. The molecule has 0 radical (unpaired) electrons. The Hall–Kier alpha value is -2.51. The first-order valence-corrected chi connectivity index (χ1v) is 10.5. The Morgan fingerprint density at radius 3 is 2.57 bits per heavy atom. The number of fused-ring (bicyclic) bond motifs is 1. The average Bonchev–Trinajstić information content (AvgIpc) is 3.26. The molecule has 30 heavy (non-hydrogen) atoms. The van der Waals surface area contributed by atoms with E-state index in [1.165, 1.54) is 11.1 Å². The van der Waals surface area contributed by atoms with E-state index in [1.807, 2.05) is 31.4 Å². The maximum Gasteiger partial charge on any atom is 0.316 e. The number of carbonyl (C=O) groups is 1. The van der Waals surface area contributed by atoms with E-state index in [0.29, 0.717) is 24.4 Å². The van der Waals surface area contributed by atoms with Crippen LogP contribution in [0.4, 0.5) is 0 Å². The molecule has 0 aliphatic carbocycles. The number of aryl methyl sites for hydroxylation is 1. The number of aromatic nitrogens is 2. The van der Waals surface area contributed by atoms with E-state index in [2.05, 4.69) is 51.0 Å². The van der Waals surface area contributed by atoms with E-state index in [-0.39, 0.29) is 11.9 Å². The second kappa shape index (κ2) is 8.70. The highest BCUT2D eigenvalue weighted by molar-refractivity contribution is 5.79. The Morgan fingerprint density at radius 2 is 1.90 bits per heavy atom. The summed E-state index contributed by atoms with van der Waals surface area (Å²) < 4.78 is 5.06. The van der Waals surface area contributed by atoms with E-state index in [0.717, 1.165) is 31.7 Å². The Labute approximate surface area is 178 Å². The third-order valence-electron chi connectivity index (χ3n) is 6.29. The molecule has 2 saturated heterocycles. The summed E-state index contributed by atoms with van der Waals surface area (Å²) in [7, 11) is 5.48. The summed E-state index contributed by atoms with van der Waals surface area (Å²) in [6, 6.07) is 9.04. The fourth-order valence-corrected chi connectivity index (χ4v) is 4.99. The van der Waals surface area contributed by atoms with Gasteiger partial charge < -0.3 is 14.5 Å². The van der Waals surface area contributed by atoms with Gasteiger partial charge in [-0.05, 0) is 38.1 Å². The third kappa shape index (κ3) is 4.18. The fourth-order valence-electron chi connectivity index (χ4n) is 4.99. The Morgan fingerprint density at radius 1 is 1.17 bits per heavy atom. The minimum atomic E-state index is 0.140. The summed E-state index contributed by atoms with van der Waals surface area (Å²) in [5, 5.41) is 0. The molecule has 0 spiro atoms. The van der Waals surface area contributed by atoms with Gasteiger partial charge in [0, 0.05) is 50.1 Å². The highest BCUT2D eigenvalue weighted by atomic mass is 16.5. The number of amides is 1. The van der Waals surface area contributed by atoms with Crippen molar-refractivity contribution in [1.82, 2.24) is 24.7 Å². The van der Waals surface area contributed by atoms with Crippen LogP contribution in [0.2, 0.25) is 0 Å². The van der Waals surface area contributed by atoms with Crippen LogP contribution in [0.15, 0.2) is 36.7 Å². The van der Waals surface area contributed by atoms with Crippen LogP contribution in [0.1, 0.15) is 22.7 Å². The number of hydrogen-bond acceptors (Lipinski definition) is 6. The van der Waals surface area contributed by atoms with E-state index in [9.17, 15) is 4.79 Å². The fraction of sp³-hybridized carbons (Fsp3) is 0.522. The molecule has 4 rings (SSSR count). The molecule has 1 amide bonds. The van der Waals surface area contributed by atoms with E-state index in [1.54, 1.807) is 7.11 Å². The van der Waals surface area contributed by atoms with Crippen molar-refractivity contribution < 1.29 is 9.53 Å². The summed E-state index contributed by atoms with van der Waals surface area (Å²) in [5.74, 6) is 1.15. The number of likely N-dealkylation sites (N-methyl/N-ethyl adjacent to an activating group) is 1. The second-order valence-electron chi connectivity index (χ2n) is 8.78. The molecule has 3 heterocycles. The minimum absolute atomic E-state index is 0.140. The smallest absolute Gasteiger partial charge is 0.316 e. The summed E-state index contributed by atoms with van der Waals surface area (Å²) in [4.78, 5) is 28.1. The molecule has 2 fully saturated rings. The van der Waals surface area contributed by atoms with Crippen LogP contribution in [0.5, 0.6) is 6.01 Å². The van der Waals surface area contributed by atoms with Gasteiger partial charge in [-0.2, -0.15) is 0 Å². The van der Waals surface area contributed by atoms with E-state index >= 15 is 0 Å². The quantitative estimate of drug-likeness (QED) is 0.727. The topological polar surface area (TPSA) is 61.8 Å². The molecule has 160 valence electrons. The summed E-state index contributed by atoms with van der Waals surface area (Å²) in [6.45, 7) is 6.22. The monoisotopic (exact) mass is 409 g/mol. The number of methoxy groups -OCH3 is 1. The molecule has 0 N–H and O–H groups in total. The lowest BCUT2D eigenvalue weighted by atomic mass is 9.87. The zero-order valence-corrected chi connectivity index (χ0v) is 18.3. The SMILES string of the molecule is COc1ncc(CN2C[C@@H]3CN(C(=O)CN(C)C)[C@@H](c4ccccc4C)[C@@H]3C2)cn1. The molecular weight excluding hydrogens is 378 g/mol. The number of carbonyl (C=O) groups excluding carboxylic acids is 1. The van der Waals surface area contributed by atoms with Gasteiger partial charge >= 0.3 is 6.01 Å². The molecule has 1 aromatic heterocycles. The Bertz CT molecular complexity index is 885. The summed E-state index contributed by atoms with van der Waals surface area (Å²) >= 11 is 0. The van der Waals surface area contributed by atoms with Gasteiger partial charge in [-0.3, -0.25) is 9.69 Å². The first-order chi connectivity index (χ1) is 14.5. The van der Waals surface area contributed by atoms with Crippen molar-refractivity contribution in [2.24, 2.45) is 11.8 Å². The minimum Gasteiger partial charge on any atom is -0.467 e. The first kappa shape index (κ1) is 20.8. The predicted molar refractivity (Wildman–Crippen MR) is 115 cm³/mol. The molecule has 0 unspecified atom stereocenters. The van der Waals surface area contributed by atoms with Crippen molar-refractivity contribution >= 4 is 5.91 Å². The Kier molecular flexibility index (Phi) is 6.01. The third-order valence-corrected chi connectivity index (χ3v) is 6.29. The zero-order valence-electron chi connectivity index (χ0n) is 18.3. The molecule has 2 aliphatic heterocycles. The van der Waals surface area contributed by atoms with Crippen LogP contribution < -0.4 is 4.74 Å². The highest BCUT2D eigenvalue weighted by Gasteiger charge is 2.49. The van der Waals surface area contributed by atoms with Crippen LogP contribution in [0.25, 0.3) is 0 Å². The lowest BCUT2D eigenvalue weighted by molar-refractivity contribution is -0.133. The predicted octanol–water partition coefficient (Wildman–Crippen LogP) is 1.99. The number of nitrogens with zero attached hydrogens (tertiary/aromatic N) is 5. The molecule has 7 heteroatoms. The van der Waals surface area contributed by atoms with Gasteiger partial charge in [0.05, 0.1) is 19.7 Å². The second-order valence-corrected chi connectivity index (χ2v) is 8.78. The normalized spacial score (nSPS) is 23.8. The van der Waals surface area contributed by atoms with Gasteiger partial charge in [-0.25, -0.2) is 9.97 Å². The molecule has 2 aliphatic rings. The van der Waals surface area contributed by atoms with Crippen LogP contribution >= 0.6 is 0 Å². The Balaban J connectivity index is 1.54. The van der Waals surface area contributed by atoms with Gasteiger partial charge in [-0.1, -0.05) is 24.3 Å². The lowest BCUT2D eigenvalue weighted by Gasteiger charge is -2.31. The standard InChI is InChI=1S/C23H31N5O2/c1-16-7-5-6-8-19(16)22-20-14-27(11-17-9-24-23(30-4)25-10-17)12-18(20)13-28(22)21(29)15-26(2)3/h5-10,18,20,22H,11-15H2,1-4H3/t18-,20-,22+/m1/s1. The molecule has 0 bridgehead atoms. The van der Waals surface area contributed by atoms with Crippen LogP contribution in [-0.2, 0) is 11.3 Å². The van der Waals surface area contributed by atoms with Crippen molar-refractivity contribution in [3.8, 4) is 6.01 Å². The highest BCUT2D eigenvalue weighted by Crippen LogP contribution is 2.46. The molecule has 3 atom stereocenters. The van der Waals surface area contributed by atoms with Crippen molar-refractivity contribution in [2.75, 3.05) is 47.4 Å². The zero-order chi connectivity index (χ0) is 21.3. The van der Waals surface area contributed by atoms with Crippen molar-refractivity contribution in [3.05, 3.63) is 53.3 Å². The van der Waals surface area contributed by atoms with E-state index < -0.39 is 0 Å². The van der Waals surface area contributed by atoms with Crippen molar-refractivity contribution in [1.29, 1.82) is 0 Å².